The summed E-state index contributed by atoms with van der Waals surface area (Å²) < 4.78 is 7.93. The molecule has 24 heavy (non-hydrogen) atoms. The Kier molecular flexibility index (Phi) is 5.52. The van der Waals surface area contributed by atoms with E-state index in [4.69, 9.17) is 4.74 Å². The molecule has 0 amide bonds. The van der Waals surface area contributed by atoms with Gasteiger partial charge in [-0.25, -0.2) is 0 Å². The lowest BCUT2D eigenvalue weighted by Gasteiger charge is -2.11. The van der Waals surface area contributed by atoms with Crippen LogP contribution in [0.5, 0.6) is 5.75 Å². The fraction of sp³-hybridized carbons (Fsp3) is 0.381. The lowest BCUT2D eigenvalue weighted by atomic mass is 9.99. The molecule has 0 N–H and O–H groups in total. The van der Waals surface area contributed by atoms with Gasteiger partial charge in [0, 0.05) is 11.9 Å². The van der Waals surface area contributed by atoms with Gasteiger partial charge < -0.3 is 4.74 Å². The average molecular weight is 322 g/mol. The largest absolute Gasteiger partial charge is 0.494 e. The van der Waals surface area contributed by atoms with E-state index < -0.39 is 0 Å². The van der Waals surface area contributed by atoms with Crippen LogP contribution in [0.4, 0.5) is 0 Å². The molecule has 3 nitrogen and oxygen atoms in total. The molecule has 2 aromatic carbocycles. The van der Waals surface area contributed by atoms with Crippen molar-refractivity contribution in [3.05, 3.63) is 60.3 Å². The van der Waals surface area contributed by atoms with Crippen LogP contribution in [-0.4, -0.2) is 16.4 Å². The first kappa shape index (κ1) is 16.6. The Hall–Kier alpha value is -2.29. The number of aromatic nitrogens is 2. The van der Waals surface area contributed by atoms with Crippen molar-refractivity contribution >= 4 is 10.9 Å². The molecule has 1 unspecified atom stereocenters. The summed E-state index contributed by atoms with van der Waals surface area (Å²) in [7, 11) is 0. The van der Waals surface area contributed by atoms with Crippen molar-refractivity contribution < 1.29 is 4.74 Å². The first-order chi connectivity index (χ1) is 11.8. The fourth-order valence-corrected chi connectivity index (χ4v) is 2.89. The minimum atomic E-state index is 0.614. The van der Waals surface area contributed by atoms with Crippen molar-refractivity contribution in [1.29, 1.82) is 0 Å². The molecule has 0 spiro atoms. The number of para-hydroxylation sites is 1. The zero-order chi connectivity index (χ0) is 16.8. The Bertz CT molecular complexity index is 761. The molecule has 0 saturated carbocycles. The number of hydrogen-bond donors (Lipinski definition) is 0. The number of fused-ring (bicyclic) bond motifs is 1. The van der Waals surface area contributed by atoms with Crippen LogP contribution in [0.1, 0.15) is 44.6 Å². The number of hydrogen-bond acceptors (Lipinski definition) is 2. The second-order valence-corrected chi connectivity index (χ2v) is 6.36. The zero-order valence-electron chi connectivity index (χ0n) is 14.6. The second kappa shape index (κ2) is 8.00. The summed E-state index contributed by atoms with van der Waals surface area (Å²) in [6, 6.07) is 16.9. The fourth-order valence-electron chi connectivity index (χ4n) is 2.89. The van der Waals surface area contributed by atoms with Gasteiger partial charge in [0.1, 0.15) is 5.75 Å². The topological polar surface area (TPSA) is 27.1 Å². The molecular formula is C21H26N2O. The van der Waals surface area contributed by atoms with Crippen LogP contribution in [0.15, 0.2) is 54.7 Å². The van der Waals surface area contributed by atoms with E-state index in [1.807, 2.05) is 6.20 Å². The van der Waals surface area contributed by atoms with E-state index in [2.05, 4.69) is 72.2 Å². The highest BCUT2D eigenvalue weighted by molar-refractivity contribution is 5.78. The number of ether oxygens (including phenoxy) is 1. The number of aryl methyl sites for hydroxylation is 1. The van der Waals surface area contributed by atoms with Gasteiger partial charge in [-0.2, -0.15) is 5.10 Å². The minimum absolute atomic E-state index is 0.614. The molecule has 0 saturated heterocycles. The highest BCUT2D eigenvalue weighted by Gasteiger charge is 2.03. The lowest BCUT2D eigenvalue weighted by molar-refractivity contribution is 0.302. The Balaban J connectivity index is 1.42. The molecule has 0 radical (unpaired) electrons. The second-order valence-electron chi connectivity index (χ2n) is 6.36. The Morgan fingerprint density at radius 1 is 1.04 bits per heavy atom. The predicted octanol–water partition coefficient (Wildman–Crippen LogP) is 5.41. The predicted molar refractivity (Wildman–Crippen MR) is 99.6 cm³/mol. The van der Waals surface area contributed by atoms with Crippen molar-refractivity contribution in [1.82, 2.24) is 9.78 Å². The van der Waals surface area contributed by atoms with Crippen LogP contribution in [0.2, 0.25) is 0 Å². The number of rotatable bonds is 8. The summed E-state index contributed by atoms with van der Waals surface area (Å²) in [4.78, 5) is 0. The SMILES string of the molecule is CCC(C)c1ccc(OCCCCn2ncc3ccccc32)cc1. The van der Waals surface area contributed by atoms with E-state index in [-0.39, 0.29) is 0 Å². The highest BCUT2D eigenvalue weighted by Crippen LogP contribution is 2.21. The van der Waals surface area contributed by atoms with E-state index in [1.165, 1.54) is 22.9 Å². The number of nitrogens with zero attached hydrogens (tertiary/aromatic N) is 2. The molecule has 0 fully saturated rings. The average Bonchev–Trinajstić information content (AvgIpc) is 3.04. The molecule has 3 aromatic rings. The van der Waals surface area contributed by atoms with Gasteiger partial charge in [0.2, 0.25) is 0 Å². The molecule has 0 aliphatic carbocycles. The standard InChI is InChI=1S/C21H26N2O/c1-3-17(2)18-10-12-20(13-11-18)24-15-7-6-14-23-21-9-5-4-8-19(21)16-22-23/h4-5,8-13,16-17H,3,6-7,14-15H2,1-2H3. The summed E-state index contributed by atoms with van der Waals surface area (Å²) in [5, 5.41) is 5.67. The summed E-state index contributed by atoms with van der Waals surface area (Å²) in [5.41, 5.74) is 2.59. The van der Waals surface area contributed by atoms with E-state index >= 15 is 0 Å². The van der Waals surface area contributed by atoms with Crippen LogP contribution in [0.3, 0.4) is 0 Å². The molecule has 1 atom stereocenters. The van der Waals surface area contributed by atoms with Crippen molar-refractivity contribution in [2.24, 2.45) is 0 Å². The van der Waals surface area contributed by atoms with Crippen LogP contribution in [-0.2, 0) is 6.54 Å². The maximum atomic E-state index is 5.85. The van der Waals surface area contributed by atoms with E-state index in [1.54, 1.807) is 0 Å². The maximum absolute atomic E-state index is 5.85. The molecule has 0 bridgehead atoms. The van der Waals surface area contributed by atoms with Crippen LogP contribution in [0, 0.1) is 0 Å². The summed E-state index contributed by atoms with van der Waals surface area (Å²) in [6.45, 7) is 6.17. The molecular weight excluding hydrogens is 296 g/mol. The monoisotopic (exact) mass is 322 g/mol. The third-order valence-corrected chi connectivity index (χ3v) is 4.65. The zero-order valence-corrected chi connectivity index (χ0v) is 14.6. The molecule has 0 aliphatic heterocycles. The minimum Gasteiger partial charge on any atom is -0.494 e. The smallest absolute Gasteiger partial charge is 0.119 e. The summed E-state index contributed by atoms with van der Waals surface area (Å²) in [6.07, 6.45) is 5.20. The Labute approximate surface area is 144 Å². The molecule has 126 valence electrons. The third kappa shape index (κ3) is 3.97. The highest BCUT2D eigenvalue weighted by atomic mass is 16.5. The first-order valence-corrected chi connectivity index (χ1v) is 8.91. The summed E-state index contributed by atoms with van der Waals surface area (Å²) >= 11 is 0. The van der Waals surface area contributed by atoms with E-state index in [0.29, 0.717) is 5.92 Å². The van der Waals surface area contributed by atoms with Gasteiger partial charge in [-0.1, -0.05) is 44.2 Å². The van der Waals surface area contributed by atoms with Crippen LogP contribution in [0.25, 0.3) is 10.9 Å². The molecule has 0 aliphatic rings. The Morgan fingerprint density at radius 2 is 1.83 bits per heavy atom. The molecule has 1 aromatic heterocycles. The van der Waals surface area contributed by atoms with Crippen LogP contribution < -0.4 is 4.74 Å². The van der Waals surface area contributed by atoms with Gasteiger partial charge in [0.25, 0.3) is 0 Å². The van der Waals surface area contributed by atoms with Gasteiger partial charge in [0.15, 0.2) is 0 Å². The van der Waals surface area contributed by atoms with Crippen molar-refractivity contribution in [2.75, 3.05) is 6.61 Å². The first-order valence-electron chi connectivity index (χ1n) is 8.91. The number of benzene rings is 2. The van der Waals surface area contributed by atoms with Gasteiger partial charge in [-0.05, 0) is 48.9 Å². The van der Waals surface area contributed by atoms with Crippen molar-refractivity contribution in [2.45, 2.75) is 45.6 Å². The summed E-state index contributed by atoms with van der Waals surface area (Å²) in [5.74, 6) is 1.58. The van der Waals surface area contributed by atoms with Gasteiger partial charge >= 0.3 is 0 Å². The van der Waals surface area contributed by atoms with Gasteiger partial charge in [-0.15, -0.1) is 0 Å². The van der Waals surface area contributed by atoms with Gasteiger partial charge in [0.05, 0.1) is 18.3 Å². The van der Waals surface area contributed by atoms with E-state index in [0.717, 1.165) is 31.7 Å². The van der Waals surface area contributed by atoms with E-state index in [9.17, 15) is 0 Å². The number of unbranched alkanes of at least 4 members (excludes halogenated alkanes) is 1. The lowest BCUT2D eigenvalue weighted by Crippen LogP contribution is -2.03. The molecule has 3 heteroatoms. The third-order valence-electron chi connectivity index (χ3n) is 4.65. The molecule has 3 rings (SSSR count). The van der Waals surface area contributed by atoms with Crippen LogP contribution >= 0.6 is 0 Å². The molecule has 1 heterocycles. The van der Waals surface area contributed by atoms with Gasteiger partial charge in [-0.3, -0.25) is 4.68 Å². The van der Waals surface area contributed by atoms with Crippen molar-refractivity contribution in [3.63, 3.8) is 0 Å². The normalized spacial score (nSPS) is 12.4. The van der Waals surface area contributed by atoms with Crippen molar-refractivity contribution in [3.8, 4) is 5.75 Å². The maximum Gasteiger partial charge on any atom is 0.119 e. The quantitative estimate of drug-likeness (QED) is 0.519. The Morgan fingerprint density at radius 3 is 2.62 bits per heavy atom.